The first-order valence-electron chi connectivity index (χ1n) is 6.82. The van der Waals surface area contributed by atoms with E-state index in [1.54, 1.807) is 14.2 Å². The zero-order chi connectivity index (χ0) is 15.1. The maximum Gasteiger partial charge on any atom is 0.224 e. The molecule has 0 radical (unpaired) electrons. The van der Waals surface area contributed by atoms with Gasteiger partial charge in [0.05, 0.1) is 20.6 Å². The summed E-state index contributed by atoms with van der Waals surface area (Å²) in [7, 11) is 3.26. The molecule has 1 aromatic heterocycles. The Labute approximate surface area is 124 Å². The predicted molar refractivity (Wildman–Crippen MR) is 80.8 cm³/mol. The van der Waals surface area contributed by atoms with E-state index in [9.17, 15) is 4.79 Å². The smallest absolute Gasteiger partial charge is 0.224 e. The van der Waals surface area contributed by atoms with E-state index in [0.29, 0.717) is 19.4 Å². The number of amides is 1. The van der Waals surface area contributed by atoms with Crippen LogP contribution in [0.5, 0.6) is 11.5 Å². The van der Waals surface area contributed by atoms with E-state index in [1.807, 2.05) is 36.7 Å². The van der Waals surface area contributed by atoms with E-state index >= 15 is 0 Å². The van der Waals surface area contributed by atoms with Gasteiger partial charge in [0.2, 0.25) is 5.91 Å². The molecule has 0 saturated heterocycles. The molecule has 0 atom stereocenters. The van der Waals surface area contributed by atoms with Crippen LogP contribution in [0.2, 0.25) is 0 Å². The molecule has 5 nitrogen and oxygen atoms in total. The average molecular weight is 288 g/mol. The van der Waals surface area contributed by atoms with Crippen molar-refractivity contribution in [2.24, 2.45) is 0 Å². The standard InChI is InChI=1S/C16H20N2O3/c1-20-14-3-4-15(21-2)13(10-14)6-8-18-16(19)9-12-5-7-17-11-12/h3-5,7,10-11,17H,6,8-9H2,1-2H3,(H,18,19). The Morgan fingerprint density at radius 2 is 2.10 bits per heavy atom. The number of H-pyrrole nitrogens is 1. The first-order chi connectivity index (χ1) is 10.2. The minimum atomic E-state index is 0.0106. The molecule has 0 fully saturated rings. The molecule has 112 valence electrons. The van der Waals surface area contributed by atoms with Crippen molar-refractivity contribution in [3.63, 3.8) is 0 Å². The van der Waals surface area contributed by atoms with Crippen LogP contribution in [0.15, 0.2) is 36.7 Å². The summed E-state index contributed by atoms with van der Waals surface area (Å²) in [5, 5.41) is 2.91. The van der Waals surface area contributed by atoms with Crippen molar-refractivity contribution >= 4 is 5.91 Å². The van der Waals surface area contributed by atoms with E-state index in [2.05, 4.69) is 10.3 Å². The summed E-state index contributed by atoms with van der Waals surface area (Å²) in [5.74, 6) is 1.59. The molecule has 1 amide bonds. The third kappa shape index (κ3) is 4.27. The monoisotopic (exact) mass is 288 g/mol. The number of methoxy groups -OCH3 is 2. The fourth-order valence-corrected chi connectivity index (χ4v) is 2.13. The first kappa shape index (κ1) is 15.0. The maximum absolute atomic E-state index is 11.8. The van der Waals surface area contributed by atoms with E-state index in [0.717, 1.165) is 22.6 Å². The van der Waals surface area contributed by atoms with Gasteiger partial charge in [0.15, 0.2) is 0 Å². The van der Waals surface area contributed by atoms with Crippen LogP contribution in [0.3, 0.4) is 0 Å². The van der Waals surface area contributed by atoms with E-state index in [1.165, 1.54) is 0 Å². The lowest BCUT2D eigenvalue weighted by Crippen LogP contribution is -2.27. The SMILES string of the molecule is COc1ccc(OC)c(CCNC(=O)Cc2cc[nH]c2)c1. The lowest BCUT2D eigenvalue weighted by molar-refractivity contribution is -0.120. The predicted octanol–water partition coefficient (Wildman–Crippen LogP) is 1.93. The molecule has 2 N–H and O–H groups in total. The highest BCUT2D eigenvalue weighted by atomic mass is 16.5. The van der Waals surface area contributed by atoms with Crippen molar-refractivity contribution in [1.29, 1.82) is 0 Å². The topological polar surface area (TPSA) is 63.4 Å². The molecule has 2 aromatic rings. The molecule has 0 saturated carbocycles. The van der Waals surface area contributed by atoms with Crippen molar-refractivity contribution in [3.8, 4) is 11.5 Å². The number of hydrogen-bond donors (Lipinski definition) is 2. The molecule has 5 heteroatoms. The molecule has 0 unspecified atom stereocenters. The fraction of sp³-hybridized carbons (Fsp3) is 0.312. The van der Waals surface area contributed by atoms with Gasteiger partial charge >= 0.3 is 0 Å². The molecule has 0 aliphatic rings. The average Bonchev–Trinajstić information content (AvgIpc) is 3.00. The highest BCUT2D eigenvalue weighted by molar-refractivity contribution is 5.78. The van der Waals surface area contributed by atoms with Crippen LogP contribution < -0.4 is 14.8 Å². The molecule has 0 aliphatic carbocycles. The van der Waals surface area contributed by atoms with Gasteiger partial charge in [-0.2, -0.15) is 0 Å². The lowest BCUT2D eigenvalue weighted by atomic mass is 10.1. The lowest BCUT2D eigenvalue weighted by Gasteiger charge is -2.11. The molecule has 0 spiro atoms. The number of aromatic nitrogens is 1. The zero-order valence-electron chi connectivity index (χ0n) is 12.3. The summed E-state index contributed by atoms with van der Waals surface area (Å²) >= 11 is 0. The summed E-state index contributed by atoms with van der Waals surface area (Å²) in [5.41, 5.74) is 1.99. The highest BCUT2D eigenvalue weighted by Gasteiger charge is 2.07. The number of nitrogens with one attached hydrogen (secondary N) is 2. The quantitative estimate of drug-likeness (QED) is 0.818. The van der Waals surface area contributed by atoms with Crippen LogP contribution in [0, 0.1) is 0 Å². The summed E-state index contributed by atoms with van der Waals surface area (Å²) < 4.78 is 10.5. The van der Waals surface area contributed by atoms with Crippen molar-refractivity contribution in [3.05, 3.63) is 47.8 Å². The van der Waals surface area contributed by atoms with Crippen LogP contribution in [0.25, 0.3) is 0 Å². The van der Waals surface area contributed by atoms with Gasteiger partial charge in [0.25, 0.3) is 0 Å². The third-order valence-electron chi connectivity index (χ3n) is 3.23. The van der Waals surface area contributed by atoms with E-state index in [-0.39, 0.29) is 5.91 Å². The van der Waals surface area contributed by atoms with Gasteiger partial charge in [-0.15, -0.1) is 0 Å². The van der Waals surface area contributed by atoms with Gasteiger partial charge in [0.1, 0.15) is 11.5 Å². The Balaban J connectivity index is 1.86. The number of carbonyl (C=O) groups excluding carboxylic acids is 1. The number of aromatic amines is 1. The van der Waals surface area contributed by atoms with Crippen LogP contribution in [-0.2, 0) is 17.6 Å². The van der Waals surface area contributed by atoms with Gasteiger partial charge in [-0.3, -0.25) is 4.79 Å². The second-order valence-electron chi connectivity index (χ2n) is 4.67. The molecule has 21 heavy (non-hydrogen) atoms. The summed E-state index contributed by atoms with van der Waals surface area (Å²) in [6, 6.07) is 7.55. The number of hydrogen-bond acceptors (Lipinski definition) is 3. The third-order valence-corrected chi connectivity index (χ3v) is 3.23. The number of carbonyl (C=O) groups is 1. The van der Waals surface area contributed by atoms with Crippen molar-refractivity contribution in [2.75, 3.05) is 20.8 Å². The van der Waals surface area contributed by atoms with Crippen molar-refractivity contribution < 1.29 is 14.3 Å². The molecular formula is C16H20N2O3. The minimum absolute atomic E-state index is 0.0106. The maximum atomic E-state index is 11.8. The molecule has 2 rings (SSSR count). The van der Waals surface area contributed by atoms with E-state index < -0.39 is 0 Å². The Kier molecular flexibility index (Phi) is 5.26. The molecule has 1 heterocycles. The van der Waals surface area contributed by atoms with Crippen molar-refractivity contribution in [2.45, 2.75) is 12.8 Å². The Morgan fingerprint density at radius 3 is 2.76 bits per heavy atom. The van der Waals surface area contributed by atoms with Gasteiger partial charge in [0, 0.05) is 18.9 Å². The second kappa shape index (κ2) is 7.38. The van der Waals surface area contributed by atoms with Gasteiger partial charge in [-0.1, -0.05) is 0 Å². The van der Waals surface area contributed by atoms with E-state index in [4.69, 9.17) is 9.47 Å². The normalized spacial score (nSPS) is 10.2. The molecule has 1 aromatic carbocycles. The van der Waals surface area contributed by atoms with Crippen LogP contribution in [0.4, 0.5) is 0 Å². The minimum Gasteiger partial charge on any atom is -0.497 e. The summed E-state index contributed by atoms with van der Waals surface area (Å²) in [6.45, 7) is 0.562. The summed E-state index contributed by atoms with van der Waals surface area (Å²) in [6.07, 6.45) is 4.71. The van der Waals surface area contributed by atoms with Crippen LogP contribution in [0.1, 0.15) is 11.1 Å². The van der Waals surface area contributed by atoms with Crippen molar-refractivity contribution in [1.82, 2.24) is 10.3 Å². The molecule has 0 aliphatic heterocycles. The van der Waals surface area contributed by atoms with Gasteiger partial charge in [-0.25, -0.2) is 0 Å². The van der Waals surface area contributed by atoms with Crippen LogP contribution >= 0.6 is 0 Å². The molecular weight excluding hydrogens is 268 g/mol. The van der Waals surface area contributed by atoms with Crippen LogP contribution in [-0.4, -0.2) is 31.7 Å². The van der Waals surface area contributed by atoms with Gasteiger partial charge in [-0.05, 0) is 41.8 Å². The second-order valence-corrected chi connectivity index (χ2v) is 4.67. The Bertz CT molecular complexity index is 579. The number of benzene rings is 1. The highest BCUT2D eigenvalue weighted by Crippen LogP contribution is 2.24. The largest absolute Gasteiger partial charge is 0.497 e. The summed E-state index contributed by atoms with van der Waals surface area (Å²) in [4.78, 5) is 14.7. The fourth-order valence-electron chi connectivity index (χ4n) is 2.13. The first-order valence-corrected chi connectivity index (χ1v) is 6.82. The van der Waals surface area contributed by atoms with Gasteiger partial charge < -0.3 is 19.8 Å². The molecule has 0 bridgehead atoms. The zero-order valence-corrected chi connectivity index (χ0v) is 12.3. The Morgan fingerprint density at radius 1 is 1.24 bits per heavy atom. The number of ether oxygens (including phenoxy) is 2. The number of rotatable bonds is 7. The Hall–Kier alpha value is -2.43.